The summed E-state index contributed by atoms with van der Waals surface area (Å²) in [4.78, 5) is 0. The fourth-order valence-electron chi connectivity index (χ4n) is 1.17. The molecule has 1 aromatic heterocycles. The van der Waals surface area contributed by atoms with Gasteiger partial charge in [0.15, 0.2) is 0 Å². The summed E-state index contributed by atoms with van der Waals surface area (Å²) in [7, 11) is 0. The maximum Gasteiger partial charge on any atom is 0.411 e. The van der Waals surface area contributed by atoms with Crippen LogP contribution >= 0.6 is 0 Å². The number of aromatic nitrogens is 3. The molecule has 0 aliphatic rings. The van der Waals surface area contributed by atoms with Crippen molar-refractivity contribution in [3.05, 3.63) is 11.9 Å². The predicted octanol–water partition coefficient (Wildman–Crippen LogP) is 0.782. The van der Waals surface area contributed by atoms with Gasteiger partial charge >= 0.3 is 6.18 Å². The van der Waals surface area contributed by atoms with Gasteiger partial charge in [-0.25, -0.2) is 4.68 Å². The fourth-order valence-corrected chi connectivity index (χ4v) is 1.17. The Bertz CT molecular complexity index is 328. The van der Waals surface area contributed by atoms with Crippen molar-refractivity contribution in [2.24, 2.45) is 0 Å². The highest BCUT2D eigenvalue weighted by molar-refractivity contribution is 4.91. The Kier molecular flexibility index (Phi) is 5.36. The average molecular weight is 253 g/mol. The normalized spacial score (nSPS) is 12.0. The van der Waals surface area contributed by atoms with Gasteiger partial charge in [0.2, 0.25) is 0 Å². The van der Waals surface area contributed by atoms with Crippen LogP contribution in [0.1, 0.15) is 12.1 Å². The monoisotopic (exact) mass is 253 g/mol. The second kappa shape index (κ2) is 6.55. The molecule has 0 saturated carbocycles. The molecule has 0 aliphatic heterocycles. The van der Waals surface area contributed by atoms with Crippen LogP contribution in [0.5, 0.6) is 0 Å². The molecule has 1 N–H and O–H groups in total. The van der Waals surface area contributed by atoms with Gasteiger partial charge in [-0.2, -0.15) is 13.2 Å². The lowest BCUT2D eigenvalue weighted by molar-refractivity contribution is -0.174. The van der Waals surface area contributed by atoms with Crippen molar-refractivity contribution in [2.45, 2.75) is 25.6 Å². The van der Waals surface area contributed by atoms with E-state index < -0.39 is 12.8 Å². The number of rotatable bonds is 7. The quantitative estimate of drug-likeness (QED) is 0.729. The first-order valence-electron chi connectivity index (χ1n) is 5.15. The minimum atomic E-state index is -4.30. The number of aryl methyl sites for hydroxylation is 1. The predicted molar refractivity (Wildman–Crippen MR) is 52.3 cm³/mol. The van der Waals surface area contributed by atoms with Gasteiger partial charge < -0.3 is 9.84 Å². The molecule has 8 heteroatoms. The molecule has 0 radical (unpaired) electrons. The van der Waals surface area contributed by atoms with E-state index in [9.17, 15) is 13.2 Å². The van der Waals surface area contributed by atoms with Crippen LogP contribution in [-0.2, 0) is 17.7 Å². The Morgan fingerprint density at radius 3 is 2.82 bits per heavy atom. The van der Waals surface area contributed by atoms with Crippen molar-refractivity contribution in [1.82, 2.24) is 15.0 Å². The third-order valence-electron chi connectivity index (χ3n) is 1.91. The summed E-state index contributed by atoms with van der Waals surface area (Å²) in [5, 5.41) is 16.1. The molecular weight excluding hydrogens is 239 g/mol. The molecule has 1 aromatic rings. The topological polar surface area (TPSA) is 60.2 Å². The summed E-state index contributed by atoms with van der Waals surface area (Å²) in [6, 6.07) is 0. The lowest BCUT2D eigenvalue weighted by Gasteiger charge is -2.06. The van der Waals surface area contributed by atoms with Crippen molar-refractivity contribution in [3.63, 3.8) is 0 Å². The van der Waals surface area contributed by atoms with Gasteiger partial charge in [-0.1, -0.05) is 5.21 Å². The highest BCUT2D eigenvalue weighted by Crippen LogP contribution is 2.14. The molecule has 0 fully saturated rings. The number of hydrogen-bond acceptors (Lipinski definition) is 4. The zero-order valence-corrected chi connectivity index (χ0v) is 9.15. The second-order valence-corrected chi connectivity index (χ2v) is 3.47. The lowest BCUT2D eigenvalue weighted by Crippen LogP contribution is -2.19. The number of ether oxygens (including phenoxy) is 1. The standard InChI is InChI=1S/C9H14F3N3O2/c10-9(11,12)7-17-5-3-15-6-8(13-14-15)2-1-4-16/h6,16H,1-5,7H2. The van der Waals surface area contributed by atoms with E-state index in [1.54, 1.807) is 6.20 Å². The zero-order chi connectivity index (χ0) is 12.7. The zero-order valence-electron chi connectivity index (χ0n) is 9.15. The summed E-state index contributed by atoms with van der Waals surface area (Å²) in [5.41, 5.74) is 0.704. The molecule has 0 atom stereocenters. The lowest BCUT2D eigenvalue weighted by atomic mass is 10.3. The Labute approximate surface area is 96.2 Å². The number of alkyl halides is 3. The molecule has 5 nitrogen and oxygen atoms in total. The third kappa shape index (κ3) is 6.22. The van der Waals surface area contributed by atoms with Gasteiger partial charge in [-0.15, -0.1) is 5.10 Å². The van der Waals surface area contributed by atoms with E-state index in [1.165, 1.54) is 4.68 Å². The van der Waals surface area contributed by atoms with Crippen LogP contribution in [-0.4, -0.2) is 46.1 Å². The van der Waals surface area contributed by atoms with Crippen LogP contribution in [0.4, 0.5) is 13.2 Å². The molecule has 0 bridgehead atoms. The van der Waals surface area contributed by atoms with Gasteiger partial charge in [-0.3, -0.25) is 0 Å². The summed E-state index contributed by atoms with van der Waals surface area (Å²) >= 11 is 0. The molecule has 0 spiro atoms. The van der Waals surface area contributed by atoms with Crippen molar-refractivity contribution >= 4 is 0 Å². The van der Waals surface area contributed by atoms with Gasteiger partial charge in [0.25, 0.3) is 0 Å². The number of nitrogens with zero attached hydrogens (tertiary/aromatic N) is 3. The number of aliphatic hydroxyl groups excluding tert-OH is 1. The third-order valence-corrected chi connectivity index (χ3v) is 1.91. The summed E-state index contributed by atoms with van der Waals surface area (Å²) < 4.78 is 41.1. The first-order valence-corrected chi connectivity index (χ1v) is 5.15. The Balaban J connectivity index is 2.21. The van der Waals surface area contributed by atoms with E-state index in [1.807, 2.05) is 0 Å². The molecule has 0 aromatic carbocycles. The first-order chi connectivity index (χ1) is 8.01. The molecule has 1 heterocycles. The maximum atomic E-state index is 11.7. The first kappa shape index (κ1) is 13.9. The van der Waals surface area contributed by atoms with Crippen molar-refractivity contribution in [2.75, 3.05) is 19.8 Å². The molecular formula is C9H14F3N3O2. The molecule has 1 rings (SSSR count). The molecule has 0 aliphatic carbocycles. The Morgan fingerprint density at radius 2 is 2.18 bits per heavy atom. The van der Waals surface area contributed by atoms with Crippen molar-refractivity contribution in [1.29, 1.82) is 0 Å². The second-order valence-electron chi connectivity index (χ2n) is 3.47. The van der Waals surface area contributed by atoms with Crippen LogP contribution in [0.25, 0.3) is 0 Å². The van der Waals surface area contributed by atoms with E-state index in [0.29, 0.717) is 18.5 Å². The van der Waals surface area contributed by atoms with Crippen LogP contribution in [0.3, 0.4) is 0 Å². The Morgan fingerprint density at radius 1 is 1.41 bits per heavy atom. The van der Waals surface area contributed by atoms with Crippen LogP contribution in [0, 0.1) is 0 Å². The highest BCUT2D eigenvalue weighted by Gasteiger charge is 2.27. The molecule has 0 unspecified atom stereocenters. The fraction of sp³-hybridized carbons (Fsp3) is 0.778. The SMILES string of the molecule is OCCCc1cn(CCOCC(F)(F)F)nn1. The van der Waals surface area contributed by atoms with Crippen LogP contribution in [0.2, 0.25) is 0 Å². The van der Waals surface area contributed by atoms with E-state index >= 15 is 0 Å². The largest absolute Gasteiger partial charge is 0.411 e. The minimum Gasteiger partial charge on any atom is -0.396 e. The smallest absolute Gasteiger partial charge is 0.396 e. The highest BCUT2D eigenvalue weighted by atomic mass is 19.4. The summed E-state index contributed by atoms with van der Waals surface area (Å²) in [6.45, 7) is -1.02. The molecule has 98 valence electrons. The van der Waals surface area contributed by atoms with Gasteiger partial charge in [0.1, 0.15) is 6.61 Å². The van der Waals surface area contributed by atoms with E-state index in [4.69, 9.17) is 5.11 Å². The summed E-state index contributed by atoms with van der Waals surface area (Å²) in [5.74, 6) is 0. The average Bonchev–Trinajstić information content (AvgIpc) is 2.68. The minimum absolute atomic E-state index is 0.0672. The van der Waals surface area contributed by atoms with Crippen LogP contribution < -0.4 is 0 Å². The maximum absolute atomic E-state index is 11.7. The van der Waals surface area contributed by atoms with Gasteiger partial charge in [-0.05, 0) is 12.8 Å². The van der Waals surface area contributed by atoms with Crippen molar-refractivity contribution < 1.29 is 23.0 Å². The number of halogens is 3. The van der Waals surface area contributed by atoms with Crippen molar-refractivity contribution in [3.8, 4) is 0 Å². The van der Waals surface area contributed by atoms with Gasteiger partial charge in [0.05, 0.1) is 18.8 Å². The number of hydrogen-bond donors (Lipinski definition) is 1. The van der Waals surface area contributed by atoms with E-state index in [-0.39, 0.29) is 19.8 Å². The van der Waals surface area contributed by atoms with E-state index in [0.717, 1.165) is 0 Å². The Hall–Kier alpha value is -1.15. The molecule has 0 saturated heterocycles. The van der Waals surface area contributed by atoms with E-state index in [2.05, 4.69) is 15.0 Å². The summed E-state index contributed by atoms with van der Waals surface area (Å²) in [6.07, 6.45) is -1.48. The van der Waals surface area contributed by atoms with Crippen LogP contribution in [0.15, 0.2) is 6.20 Å². The molecule has 17 heavy (non-hydrogen) atoms. The number of aliphatic hydroxyl groups is 1. The van der Waals surface area contributed by atoms with Gasteiger partial charge in [0, 0.05) is 12.8 Å². The molecule has 0 amide bonds.